The Morgan fingerprint density at radius 1 is 1.62 bits per heavy atom. The summed E-state index contributed by atoms with van der Waals surface area (Å²) < 4.78 is 12.7. The van der Waals surface area contributed by atoms with Crippen molar-refractivity contribution in [2.24, 2.45) is 0 Å². The van der Waals surface area contributed by atoms with Gasteiger partial charge in [0.1, 0.15) is 5.82 Å². The van der Waals surface area contributed by atoms with Gasteiger partial charge in [-0.3, -0.25) is 4.79 Å². The maximum Gasteiger partial charge on any atom is 0.252 e. The number of hydrogen-bond acceptors (Lipinski definition) is 1. The van der Waals surface area contributed by atoms with Crippen molar-refractivity contribution in [2.45, 2.75) is 6.92 Å². The summed E-state index contributed by atoms with van der Waals surface area (Å²) in [5.74, 6) is -0.822. The zero-order valence-corrected chi connectivity index (χ0v) is 7.86. The van der Waals surface area contributed by atoms with E-state index >= 15 is 0 Å². The van der Waals surface area contributed by atoms with Crippen LogP contribution >= 0.6 is 11.6 Å². The molecule has 1 N–H and O–H groups in total. The fraction of sp³-hybridized carbons (Fsp3) is 0.222. The number of hydrogen-bond donors (Lipinski definition) is 1. The third kappa shape index (κ3) is 2.42. The molecule has 4 heteroatoms. The number of halogens is 2. The highest BCUT2D eigenvalue weighted by atomic mass is 35.5. The van der Waals surface area contributed by atoms with Crippen molar-refractivity contribution in [2.75, 3.05) is 6.54 Å². The van der Waals surface area contributed by atoms with Crippen molar-refractivity contribution < 1.29 is 9.18 Å². The van der Waals surface area contributed by atoms with E-state index in [0.29, 0.717) is 6.54 Å². The molecule has 0 fully saturated rings. The maximum atomic E-state index is 12.7. The highest BCUT2D eigenvalue weighted by Crippen LogP contribution is 2.16. The Kier molecular flexibility index (Phi) is 3.25. The molecule has 1 aromatic rings. The number of carbonyl (C=O) groups is 1. The molecule has 0 spiro atoms. The van der Waals surface area contributed by atoms with E-state index in [1.807, 2.05) is 0 Å². The Morgan fingerprint density at radius 3 is 2.92 bits per heavy atom. The van der Waals surface area contributed by atoms with Gasteiger partial charge in [0.25, 0.3) is 5.91 Å². The zero-order chi connectivity index (χ0) is 9.84. The minimum atomic E-state index is -0.467. The van der Waals surface area contributed by atoms with E-state index in [4.69, 9.17) is 11.6 Å². The summed E-state index contributed by atoms with van der Waals surface area (Å²) in [4.78, 5) is 11.3. The minimum absolute atomic E-state index is 0.170. The largest absolute Gasteiger partial charge is 0.352 e. The van der Waals surface area contributed by atoms with Crippen molar-refractivity contribution in [1.29, 1.82) is 0 Å². The molecule has 0 aliphatic rings. The quantitative estimate of drug-likeness (QED) is 0.781. The van der Waals surface area contributed by atoms with Gasteiger partial charge in [-0.15, -0.1) is 0 Å². The molecule has 0 aliphatic heterocycles. The molecule has 0 radical (unpaired) electrons. The molecule has 1 amide bonds. The second-order valence-electron chi connectivity index (χ2n) is 2.48. The molecular formula is C9H9ClFNO. The number of carbonyl (C=O) groups excluding carboxylic acids is 1. The average Bonchev–Trinajstić information content (AvgIpc) is 2.09. The molecule has 0 saturated heterocycles. The predicted octanol–water partition coefficient (Wildman–Crippen LogP) is 2.23. The van der Waals surface area contributed by atoms with Gasteiger partial charge < -0.3 is 5.32 Å². The van der Waals surface area contributed by atoms with Crippen LogP contribution in [0.3, 0.4) is 0 Å². The molecule has 1 aromatic carbocycles. The fourth-order valence-corrected chi connectivity index (χ4v) is 1.13. The van der Waals surface area contributed by atoms with Gasteiger partial charge in [0, 0.05) is 6.54 Å². The van der Waals surface area contributed by atoms with E-state index in [2.05, 4.69) is 5.32 Å². The number of amides is 1. The van der Waals surface area contributed by atoms with Crippen molar-refractivity contribution >= 4 is 17.5 Å². The molecule has 70 valence electrons. The van der Waals surface area contributed by atoms with E-state index in [-0.39, 0.29) is 16.5 Å². The van der Waals surface area contributed by atoms with E-state index in [1.54, 1.807) is 6.92 Å². The molecule has 2 nitrogen and oxygen atoms in total. The molecule has 0 aliphatic carbocycles. The SMILES string of the molecule is CCNC(=O)c1cc(F)ccc1Cl. The summed E-state index contributed by atoms with van der Waals surface area (Å²) >= 11 is 5.70. The van der Waals surface area contributed by atoms with E-state index < -0.39 is 5.82 Å². The molecule has 0 atom stereocenters. The highest BCUT2D eigenvalue weighted by molar-refractivity contribution is 6.33. The van der Waals surface area contributed by atoms with Gasteiger partial charge in [0.15, 0.2) is 0 Å². The molecule has 0 aromatic heterocycles. The first kappa shape index (κ1) is 9.99. The smallest absolute Gasteiger partial charge is 0.252 e. The maximum absolute atomic E-state index is 12.7. The molecule has 1 rings (SSSR count). The Bertz CT molecular complexity index is 327. The monoisotopic (exact) mass is 201 g/mol. The first-order valence-corrected chi connectivity index (χ1v) is 4.26. The normalized spacial score (nSPS) is 9.77. The fourth-order valence-electron chi connectivity index (χ4n) is 0.927. The van der Waals surface area contributed by atoms with Gasteiger partial charge in [-0.1, -0.05) is 11.6 Å². The van der Waals surface area contributed by atoms with E-state index in [0.717, 1.165) is 6.07 Å². The molecule has 0 heterocycles. The summed E-state index contributed by atoms with van der Waals surface area (Å²) in [6, 6.07) is 3.69. The first-order valence-electron chi connectivity index (χ1n) is 3.88. The van der Waals surface area contributed by atoms with E-state index in [9.17, 15) is 9.18 Å². The molecule has 13 heavy (non-hydrogen) atoms. The number of rotatable bonds is 2. The van der Waals surface area contributed by atoms with Crippen LogP contribution in [0.15, 0.2) is 18.2 Å². The second kappa shape index (κ2) is 4.23. The molecule has 0 unspecified atom stereocenters. The standard InChI is InChI=1S/C9H9ClFNO/c1-2-12-9(13)7-5-6(11)3-4-8(7)10/h3-5H,2H2,1H3,(H,12,13). The third-order valence-electron chi connectivity index (χ3n) is 1.51. The van der Waals surface area contributed by atoms with Crippen LogP contribution < -0.4 is 5.32 Å². The highest BCUT2D eigenvalue weighted by Gasteiger charge is 2.09. The number of benzene rings is 1. The van der Waals surface area contributed by atoms with Crippen LogP contribution in [0.1, 0.15) is 17.3 Å². The molecule has 0 saturated carbocycles. The summed E-state index contributed by atoms with van der Waals surface area (Å²) in [7, 11) is 0. The van der Waals surface area contributed by atoms with Gasteiger partial charge in [0.2, 0.25) is 0 Å². The lowest BCUT2D eigenvalue weighted by atomic mass is 10.2. The molecular weight excluding hydrogens is 193 g/mol. The van der Waals surface area contributed by atoms with Gasteiger partial charge in [-0.05, 0) is 25.1 Å². The average molecular weight is 202 g/mol. The zero-order valence-electron chi connectivity index (χ0n) is 7.10. The van der Waals surface area contributed by atoms with Crippen molar-refractivity contribution in [3.63, 3.8) is 0 Å². The van der Waals surface area contributed by atoms with Crippen LogP contribution in [0.2, 0.25) is 5.02 Å². The second-order valence-corrected chi connectivity index (χ2v) is 2.89. The Labute approximate surface area is 80.7 Å². The van der Waals surface area contributed by atoms with E-state index in [1.165, 1.54) is 12.1 Å². The van der Waals surface area contributed by atoms with Crippen molar-refractivity contribution in [1.82, 2.24) is 5.32 Å². The van der Waals surface area contributed by atoms with Crippen LogP contribution in [0, 0.1) is 5.82 Å². The van der Waals surface area contributed by atoms with Gasteiger partial charge >= 0.3 is 0 Å². The lowest BCUT2D eigenvalue weighted by Crippen LogP contribution is -2.23. The summed E-state index contributed by atoms with van der Waals surface area (Å²) in [6.07, 6.45) is 0. The van der Waals surface area contributed by atoms with Crippen LogP contribution in [-0.2, 0) is 0 Å². The van der Waals surface area contributed by atoms with Crippen LogP contribution in [0.25, 0.3) is 0 Å². The minimum Gasteiger partial charge on any atom is -0.352 e. The third-order valence-corrected chi connectivity index (χ3v) is 1.84. The van der Waals surface area contributed by atoms with Gasteiger partial charge in [-0.2, -0.15) is 0 Å². The first-order chi connectivity index (χ1) is 6.15. The Morgan fingerprint density at radius 2 is 2.31 bits per heavy atom. The molecule has 0 bridgehead atoms. The van der Waals surface area contributed by atoms with Crippen LogP contribution in [-0.4, -0.2) is 12.5 Å². The van der Waals surface area contributed by atoms with Crippen molar-refractivity contribution in [3.8, 4) is 0 Å². The summed E-state index contributed by atoms with van der Waals surface area (Å²) in [6.45, 7) is 2.27. The topological polar surface area (TPSA) is 29.1 Å². The van der Waals surface area contributed by atoms with Crippen molar-refractivity contribution in [3.05, 3.63) is 34.6 Å². The van der Waals surface area contributed by atoms with Crippen LogP contribution in [0.5, 0.6) is 0 Å². The van der Waals surface area contributed by atoms with Crippen LogP contribution in [0.4, 0.5) is 4.39 Å². The van der Waals surface area contributed by atoms with Gasteiger partial charge in [-0.25, -0.2) is 4.39 Å². The lowest BCUT2D eigenvalue weighted by molar-refractivity contribution is 0.0955. The Hall–Kier alpha value is -1.09. The predicted molar refractivity (Wildman–Crippen MR) is 49.4 cm³/mol. The lowest BCUT2D eigenvalue weighted by Gasteiger charge is -2.03. The van der Waals surface area contributed by atoms with Gasteiger partial charge in [0.05, 0.1) is 10.6 Å². The summed E-state index contributed by atoms with van der Waals surface area (Å²) in [5, 5.41) is 2.80. The Balaban J connectivity index is 2.99. The summed E-state index contributed by atoms with van der Waals surface area (Å²) in [5.41, 5.74) is 0.170. The number of nitrogens with one attached hydrogen (secondary N) is 1.